The van der Waals surface area contributed by atoms with Crippen molar-refractivity contribution in [1.29, 1.82) is 0 Å². The minimum atomic E-state index is 0.102. The van der Waals surface area contributed by atoms with Gasteiger partial charge >= 0.3 is 0 Å². The average Bonchev–Trinajstić information content (AvgIpc) is 2.99. The fraction of sp³-hybridized carbons (Fsp3) is 0.900. The van der Waals surface area contributed by atoms with Gasteiger partial charge in [-0.3, -0.25) is 9.69 Å². The first-order chi connectivity index (χ1) is 6.77. The van der Waals surface area contributed by atoms with E-state index in [1.807, 2.05) is 0 Å². The van der Waals surface area contributed by atoms with E-state index in [-0.39, 0.29) is 12.5 Å². The van der Waals surface area contributed by atoms with E-state index >= 15 is 0 Å². The van der Waals surface area contributed by atoms with Gasteiger partial charge in [0, 0.05) is 26.1 Å². The molecule has 4 heteroatoms. The van der Waals surface area contributed by atoms with Gasteiger partial charge < -0.3 is 10.4 Å². The molecule has 4 nitrogen and oxygen atoms in total. The number of carbonyl (C=O) groups excluding carboxylic acids is 1. The molecule has 0 heterocycles. The molecule has 1 aliphatic rings. The summed E-state index contributed by atoms with van der Waals surface area (Å²) in [5.74, 6) is 0.102. The lowest BCUT2D eigenvalue weighted by molar-refractivity contribution is -0.120. The first-order valence-corrected chi connectivity index (χ1v) is 5.33. The molecular formula is C10H20N2O2. The molecule has 14 heavy (non-hydrogen) atoms. The van der Waals surface area contributed by atoms with Gasteiger partial charge in [-0.15, -0.1) is 0 Å². The van der Waals surface area contributed by atoms with Gasteiger partial charge in [0.05, 0.1) is 6.61 Å². The number of hydrogen-bond donors (Lipinski definition) is 2. The van der Waals surface area contributed by atoms with Crippen molar-refractivity contribution in [2.45, 2.75) is 31.7 Å². The monoisotopic (exact) mass is 200 g/mol. The topological polar surface area (TPSA) is 52.6 Å². The van der Waals surface area contributed by atoms with Gasteiger partial charge in [-0.05, 0) is 25.8 Å². The Bertz CT molecular complexity index is 181. The Morgan fingerprint density at radius 1 is 1.50 bits per heavy atom. The summed E-state index contributed by atoms with van der Waals surface area (Å²) in [5.41, 5.74) is 0. The second kappa shape index (κ2) is 5.98. The molecule has 0 bridgehead atoms. The van der Waals surface area contributed by atoms with E-state index in [2.05, 4.69) is 10.2 Å². The number of hydrogen-bond acceptors (Lipinski definition) is 3. The van der Waals surface area contributed by atoms with Crippen LogP contribution in [0.4, 0.5) is 0 Å². The minimum absolute atomic E-state index is 0.102. The molecule has 0 aromatic rings. The van der Waals surface area contributed by atoms with Gasteiger partial charge in [0.15, 0.2) is 0 Å². The fourth-order valence-electron chi connectivity index (χ4n) is 1.61. The first-order valence-electron chi connectivity index (χ1n) is 5.33. The van der Waals surface area contributed by atoms with Crippen molar-refractivity contribution in [3.05, 3.63) is 0 Å². The summed E-state index contributed by atoms with van der Waals surface area (Å²) in [5, 5.41) is 11.5. The zero-order chi connectivity index (χ0) is 10.4. The maximum atomic E-state index is 11.0. The van der Waals surface area contributed by atoms with Gasteiger partial charge in [0.2, 0.25) is 5.91 Å². The van der Waals surface area contributed by atoms with Crippen molar-refractivity contribution in [1.82, 2.24) is 10.2 Å². The van der Waals surface area contributed by atoms with Crippen molar-refractivity contribution in [2.24, 2.45) is 0 Å². The molecule has 0 unspecified atom stereocenters. The lowest BCUT2D eigenvalue weighted by Crippen LogP contribution is -2.31. The smallest absolute Gasteiger partial charge is 0.219 e. The number of aliphatic hydroxyl groups excluding tert-OH is 1. The molecule has 1 rings (SSSR count). The molecule has 0 aromatic carbocycles. The van der Waals surface area contributed by atoms with Crippen LogP contribution in [0.1, 0.15) is 25.7 Å². The molecule has 1 amide bonds. The van der Waals surface area contributed by atoms with E-state index in [0.717, 1.165) is 19.5 Å². The quantitative estimate of drug-likeness (QED) is 0.607. The predicted molar refractivity (Wildman–Crippen MR) is 55.0 cm³/mol. The second-order valence-electron chi connectivity index (χ2n) is 3.77. The molecule has 82 valence electrons. The van der Waals surface area contributed by atoms with Crippen LogP contribution in [-0.4, -0.2) is 48.7 Å². The van der Waals surface area contributed by atoms with Crippen LogP contribution in [0.5, 0.6) is 0 Å². The Morgan fingerprint density at radius 3 is 2.71 bits per heavy atom. The van der Waals surface area contributed by atoms with Crippen LogP contribution in [0, 0.1) is 0 Å². The van der Waals surface area contributed by atoms with Gasteiger partial charge in [-0.2, -0.15) is 0 Å². The summed E-state index contributed by atoms with van der Waals surface area (Å²) in [6, 6.07) is 0.673. The second-order valence-corrected chi connectivity index (χ2v) is 3.77. The molecule has 1 saturated carbocycles. The van der Waals surface area contributed by atoms with Crippen molar-refractivity contribution in [3.8, 4) is 0 Å². The van der Waals surface area contributed by atoms with E-state index in [1.165, 1.54) is 12.8 Å². The van der Waals surface area contributed by atoms with Crippen molar-refractivity contribution in [2.75, 3.05) is 26.7 Å². The van der Waals surface area contributed by atoms with E-state index in [4.69, 9.17) is 5.11 Å². The highest BCUT2D eigenvalue weighted by molar-refractivity contribution is 5.75. The summed E-state index contributed by atoms with van der Waals surface area (Å²) >= 11 is 0. The lowest BCUT2D eigenvalue weighted by Gasteiger charge is -2.20. The Balaban J connectivity index is 2.10. The largest absolute Gasteiger partial charge is 0.395 e. The average molecular weight is 200 g/mol. The Morgan fingerprint density at radius 2 is 2.21 bits per heavy atom. The molecule has 1 aliphatic carbocycles. The summed E-state index contributed by atoms with van der Waals surface area (Å²) < 4.78 is 0. The van der Waals surface area contributed by atoms with Crippen LogP contribution in [0.2, 0.25) is 0 Å². The van der Waals surface area contributed by atoms with Gasteiger partial charge in [0.25, 0.3) is 0 Å². The van der Waals surface area contributed by atoms with Crippen molar-refractivity contribution >= 4 is 5.91 Å². The maximum Gasteiger partial charge on any atom is 0.219 e. The highest BCUT2D eigenvalue weighted by Crippen LogP contribution is 2.26. The van der Waals surface area contributed by atoms with E-state index < -0.39 is 0 Å². The zero-order valence-corrected chi connectivity index (χ0v) is 8.83. The zero-order valence-electron chi connectivity index (χ0n) is 8.83. The van der Waals surface area contributed by atoms with Crippen LogP contribution in [0.15, 0.2) is 0 Å². The third-order valence-electron chi connectivity index (χ3n) is 2.58. The number of nitrogens with zero attached hydrogens (tertiary/aromatic N) is 1. The third kappa shape index (κ3) is 4.07. The van der Waals surface area contributed by atoms with Crippen LogP contribution in [-0.2, 0) is 4.79 Å². The molecular weight excluding hydrogens is 180 g/mol. The number of aliphatic hydroxyl groups is 1. The van der Waals surface area contributed by atoms with E-state index in [1.54, 1.807) is 7.05 Å². The van der Waals surface area contributed by atoms with E-state index in [9.17, 15) is 4.79 Å². The standard InChI is InChI=1S/C10H20N2O2/c1-11-10(14)3-2-6-12(7-8-13)9-4-5-9/h9,13H,2-8H2,1H3,(H,11,14). The maximum absolute atomic E-state index is 11.0. The summed E-state index contributed by atoms with van der Waals surface area (Å²) in [4.78, 5) is 13.2. The van der Waals surface area contributed by atoms with Gasteiger partial charge in [-0.25, -0.2) is 0 Å². The third-order valence-corrected chi connectivity index (χ3v) is 2.58. The number of rotatable bonds is 7. The molecule has 0 atom stereocenters. The van der Waals surface area contributed by atoms with Crippen molar-refractivity contribution in [3.63, 3.8) is 0 Å². The lowest BCUT2D eigenvalue weighted by atomic mass is 10.2. The molecule has 0 saturated heterocycles. The normalized spacial score (nSPS) is 15.9. The number of amides is 1. The van der Waals surface area contributed by atoms with Crippen molar-refractivity contribution < 1.29 is 9.90 Å². The highest BCUT2D eigenvalue weighted by Gasteiger charge is 2.27. The molecule has 2 N–H and O–H groups in total. The van der Waals surface area contributed by atoms with Crippen LogP contribution in [0.3, 0.4) is 0 Å². The van der Waals surface area contributed by atoms with Crippen LogP contribution >= 0.6 is 0 Å². The summed E-state index contributed by atoms with van der Waals surface area (Å²) in [6.45, 7) is 1.90. The Hall–Kier alpha value is -0.610. The Kier molecular flexibility index (Phi) is 4.90. The molecule has 0 aliphatic heterocycles. The number of carbonyl (C=O) groups is 1. The van der Waals surface area contributed by atoms with Gasteiger partial charge in [0.1, 0.15) is 0 Å². The fourth-order valence-corrected chi connectivity index (χ4v) is 1.61. The molecule has 1 fully saturated rings. The minimum Gasteiger partial charge on any atom is -0.395 e. The van der Waals surface area contributed by atoms with Crippen LogP contribution in [0.25, 0.3) is 0 Å². The van der Waals surface area contributed by atoms with E-state index in [0.29, 0.717) is 12.5 Å². The first kappa shape index (κ1) is 11.5. The SMILES string of the molecule is CNC(=O)CCCN(CCO)C1CC1. The summed E-state index contributed by atoms with van der Waals surface area (Å²) in [7, 11) is 1.66. The molecule has 0 aromatic heterocycles. The summed E-state index contributed by atoms with van der Waals surface area (Å²) in [6.07, 6.45) is 3.97. The highest BCUT2D eigenvalue weighted by atomic mass is 16.3. The molecule has 0 radical (unpaired) electrons. The number of nitrogens with one attached hydrogen (secondary N) is 1. The molecule has 0 spiro atoms. The Labute approximate surface area is 85.3 Å². The van der Waals surface area contributed by atoms with Gasteiger partial charge in [-0.1, -0.05) is 0 Å². The van der Waals surface area contributed by atoms with Crippen LogP contribution < -0.4 is 5.32 Å². The predicted octanol–water partition coefficient (Wildman–Crippen LogP) is -0.0307.